The lowest BCUT2D eigenvalue weighted by Gasteiger charge is -2.18. The molecule has 1 aromatic carbocycles. The van der Waals surface area contributed by atoms with E-state index in [-0.39, 0.29) is 23.6 Å². The number of rotatable bonds is 5. The van der Waals surface area contributed by atoms with E-state index in [2.05, 4.69) is 19.9 Å². The molecule has 1 N–H and O–H groups in total. The summed E-state index contributed by atoms with van der Waals surface area (Å²) in [6.07, 6.45) is -1.01. The Kier molecular flexibility index (Phi) is 5.29. The minimum atomic E-state index is -4.79. The van der Waals surface area contributed by atoms with Gasteiger partial charge in [0.1, 0.15) is 11.4 Å². The van der Waals surface area contributed by atoms with Gasteiger partial charge in [0.05, 0.1) is 0 Å². The number of hydrogen-bond donors (Lipinski definition) is 1. The van der Waals surface area contributed by atoms with Crippen LogP contribution < -0.4 is 15.0 Å². The number of carbonyl (C=O) groups is 1. The SMILES string of the molecule is O=C(NCc1ccccc1OC(F)(F)F)c1cc(N2CCCC2)ccn1. The predicted octanol–water partition coefficient (Wildman–Crippen LogP) is 3.51. The van der Waals surface area contributed by atoms with Crippen molar-refractivity contribution in [1.29, 1.82) is 0 Å². The highest BCUT2D eigenvalue weighted by Crippen LogP contribution is 2.26. The molecule has 1 saturated heterocycles. The number of hydrogen-bond acceptors (Lipinski definition) is 4. The number of pyridine rings is 1. The second-order valence-electron chi connectivity index (χ2n) is 5.93. The van der Waals surface area contributed by atoms with Crippen LogP contribution in [0.5, 0.6) is 5.75 Å². The number of para-hydroxylation sites is 1. The Morgan fingerprint density at radius 1 is 1.19 bits per heavy atom. The number of aromatic nitrogens is 1. The van der Waals surface area contributed by atoms with E-state index in [4.69, 9.17) is 0 Å². The first-order valence-electron chi connectivity index (χ1n) is 8.25. The number of alkyl halides is 3. The fourth-order valence-corrected chi connectivity index (χ4v) is 2.86. The molecule has 5 nitrogen and oxygen atoms in total. The van der Waals surface area contributed by atoms with Gasteiger partial charge in [-0.25, -0.2) is 0 Å². The number of ether oxygens (including phenoxy) is 1. The summed E-state index contributed by atoms with van der Waals surface area (Å²) in [6, 6.07) is 9.23. The zero-order valence-electron chi connectivity index (χ0n) is 13.9. The highest BCUT2D eigenvalue weighted by molar-refractivity contribution is 5.93. The van der Waals surface area contributed by atoms with E-state index in [0.29, 0.717) is 0 Å². The standard InChI is InChI=1S/C18H18F3N3O2/c19-18(20,21)26-16-6-2-1-5-13(16)12-23-17(25)15-11-14(7-8-22-15)24-9-3-4-10-24/h1-2,5-8,11H,3-4,9-10,12H2,(H,23,25). The van der Waals surface area contributed by atoms with Crippen molar-refractivity contribution in [3.05, 3.63) is 53.9 Å². The first-order chi connectivity index (χ1) is 12.4. The Hall–Kier alpha value is -2.77. The molecule has 0 aliphatic carbocycles. The van der Waals surface area contributed by atoms with Gasteiger partial charge in [-0.2, -0.15) is 0 Å². The Balaban J connectivity index is 1.67. The lowest BCUT2D eigenvalue weighted by atomic mass is 10.2. The zero-order valence-corrected chi connectivity index (χ0v) is 13.9. The van der Waals surface area contributed by atoms with Gasteiger partial charge in [-0.05, 0) is 31.0 Å². The average Bonchev–Trinajstić information content (AvgIpc) is 3.14. The van der Waals surface area contributed by atoms with Gasteiger partial charge in [-0.3, -0.25) is 9.78 Å². The second kappa shape index (κ2) is 7.63. The molecule has 0 atom stereocenters. The van der Waals surface area contributed by atoms with E-state index in [0.717, 1.165) is 31.6 Å². The number of nitrogens with one attached hydrogen (secondary N) is 1. The van der Waals surface area contributed by atoms with Crippen LogP contribution in [0.15, 0.2) is 42.6 Å². The normalized spacial score (nSPS) is 14.3. The average molecular weight is 365 g/mol. The fraction of sp³-hybridized carbons (Fsp3) is 0.333. The summed E-state index contributed by atoms with van der Waals surface area (Å²) >= 11 is 0. The molecule has 3 rings (SSSR count). The van der Waals surface area contributed by atoms with Crippen LogP contribution in [0.25, 0.3) is 0 Å². The van der Waals surface area contributed by atoms with Gasteiger partial charge in [0.15, 0.2) is 0 Å². The molecule has 1 aliphatic heterocycles. The van der Waals surface area contributed by atoms with Crippen LogP contribution in [0, 0.1) is 0 Å². The molecule has 0 radical (unpaired) electrons. The van der Waals surface area contributed by atoms with Crippen molar-refractivity contribution in [2.75, 3.05) is 18.0 Å². The Labute approximate surface area is 148 Å². The van der Waals surface area contributed by atoms with Gasteiger partial charge in [0.25, 0.3) is 5.91 Å². The summed E-state index contributed by atoms with van der Waals surface area (Å²) in [6.45, 7) is 1.78. The minimum Gasteiger partial charge on any atom is -0.405 e. The van der Waals surface area contributed by atoms with Gasteiger partial charge in [-0.15, -0.1) is 13.2 Å². The Bertz CT molecular complexity index is 774. The zero-order chi connectivity index (χ0) is 18.6. The maximum atomic E-state index is 12.5. The first kappa shape index (κ1) is 18.0. The van der Waals surface area contributed by atoms with Crippen molar-refractivity contribution in [2.45, 2.75) is 25.7 Å². The smallest absolute Gasteiger partial charge is 0.405 e. The van der Waals surface area contributed by atoms with Crippen LogP contribution in [0.4, 0.5) is 18.9 Å². The van der Waals surface area contributed by atoms with Crippen molar-refractivity contribution in [1.82, 2.24) is 10.3 Å². The topological polar surface area (TPSA) is 54.5 Å². The van der Waals surface area contributed by atoms with Crippen LogP contribution in [0.3, 0.4) is 0 Å². The molecular formula is C18H18F3N3O2. The van der Waals surface area contributed by atoms with Crippen molar-refractivity contribution < 1.29 is 22.7 Å². The van der Waals surface area contributed by atoms with E-state index in [1.807, 2.05) is 6.07 Å². The lowest BCUT2D eigenvalue weighted by molar-refractivity contribution is -0.274. The number of benzene rings is 1. The van der Waals surface area contributed by atoms with Crippen LogP contribution in [0.1, 0.15) is 28.9 Å². The van der Waals surface area contributed by atoms with E-state index in [1.54, 1.807) is 18.3 Å². The highest BCUT2D eigenvalue weighted by Gasteiger charge is 2.32. The summed E-state index contributed by atoms with van der Waals surface area (Å²) in [7, 11) is 0. The van der Waals surface area contributed by atoms with Crippen LogP contribution in [-0.4, -0.2) is 30.3 Å². The molecule has 1 fully saturated rings. The summed E-state index contributed by atoms with van der Waals surface area (Å²) in [5, 5.41) is 2.59. The minimum absolute atomic E-state index is 0.0965. The summed E-state index contributed by atoms with van der Waals surface area (Å²) in [5.74, 6) is -0.785. The third kappa shape index (κ3) is 4.65. The van der Waals surface area contributed by atoms with Gasteiger partial charge >= 0.3 is 6.36 Å². The number of nitrogens with zero attached hydrogens (tertiary/aromatic N) is 2. The molecule has 1 aliphatic rings. The molecule has 26 heavy (non-hydrogen) atoms. The van der Waals surface area contributed by atoms with E-state index < -0.39 is 12.3 Å². The molecule has 138 valence electrons. The summed E-state index contributed by atoms with van der Waals surface area (Å²) < 4.78 is 41.3. The molecule has 2 heterocycles. The van der Waals surface area contributed by atoms with Crippen molar-refractivity contribution in [3.8, 4) is 5.75 Å². The van der Waals surface area contributed by atoms with E-state index in [9.17, 15) is 18.0 Å². The third-order valence-corrected chi connectivity index (χ3v) is 4.09. The lowest BCUT2D eigenvalue weighted by Crippen LogP contribution is -2.26. The van der Waals surface area contributed by atoms with Gasteiger partial charge in [0.2, 0.25) is 0 Å². The maximum Gasteiger partial charge on any atom is 0.573 e. The molecule has 2 aromatic rings. The van der Waals surface area contributed by atoms with Crippen LogP contribution >= 0.6 is 0 Å². The number of carbonyl (C=O) groups excluding carboxylic acids is 1. The van der Waals surface area contributed by atoms with Gasteiger partial charge < -0.3 is 15.0 Å². The number of amides is 1. The molecule has 0 bridgehead atoms. The maximum absolute atomic E-state index is 12.5. The number of anilines is 1. The van der Waals surface area contributed by atoms with E-state index in [1.165, 1.54) is 18.2 Å². The molecule has 8 heteroatoms. The Morgan fingerprint density at radius 3 is 2.65 bits per heavy atom. The fourth-order valence-electron chi connectivity index (χ4n) is 2.86. The molecular weight excluding hydrogens is 347 g/mol. The molecule has 0 spiro atoms. The Morgan fingerprint density at radius 2 is 1.92 bits per heavy atom. The first-order valence-corrected chi connectivity index (χ1v) is 8.25. The highest BCUT2D eigenvalue weighted by atomic mass is 19.4. The molecule has 0 saturated carbocycles. The molecule has 1 aromatic heterocycles. The predicted molar refractivity (Wildman–Crippen MR) is 90.0 cm³/mol. The molecule has 0 unspecified atom stereocenters. The summed E-state index contributed by atoms with van der Waals surface area (Å²) in [4.78, 5) is 18.6. The monoisotopic (exact) mass is 365 g/mol. The third-order valence-electron chi connectivity index (χ3n) is 4.09. The van der Waals surface area contributed by atoms with Crippen LogP contribution in [0.2, 0.25) is 0 Å². The van der Waals surface area contributed by atoms with Crippen molar-refractivity contribution >= 4 is 11.6 Å². The quantitative estimate of drug-likeness (QED) is 0.881. The largest absolute Gasteiger partial charge is 0.573 e. The number of halogens is 3. The van der Waals surface area contributed by atoms with Crippen molar-refractivity contribution in [2.24, 2.45) is 0 Å². The summed E-state index contributed by atoms with van der Waals surface area (Å²) in [5.41, 5.74) is 1.38. The van der Waals surface area contributed by atoms with Gasteiger partial charge in [0, 0.05) is 37.1 Å². The second-order valence-corrected chi connectivity index (χ2v) is 5.93. The van der Waals surface area contributed by atoms with E-state index >= 15 is 0 Å². The van der Waals surface area contributed by atoms with Crippen molar-refractivity contribution in [3.63, 3.8) is 0 Å². The van der Waals surface area contributed by atoms with Crippen LogP contribution in [-0.2, 0) is 6.54 Å². The molecule has 1 amide bonds. The van der Waals surface area contributed by atoms with Gasteiger partial charge in [-0.1, -0.05) is 18.2 Å².